The topological polar surface area (TPSA) is 127 Å². The summed E-state index contributed by atoms with van der Waals surface area (Å²) in [5.41, 5.74) is 5.19. The van der Waals surface area contributed by atoms with Crippen LogP contribution in [-0.2, 0) is 11.3 Å². The van der Waals surface area contributed by atoms with E-state index in [1.807, 2.05) is 0 Å². The van der Waals surface area contributed by atoms with Gasteiger partial charge in [0.1, 0.15) is 12.4 Å². The van der Waals surface area contributed by atoms with E-state index in [0.29, 0.717) is 6.54 Å². The number of carboxylic acids is 1. The molecule has 1 heterocycles. The average Bonchev–Trinajstić information content (AvgIpc) is 2.65. The van der Waals surface area contributed by atoms with Crippen molar-refractivity contribution in [3.63, 3.8) is 0 Å². The number of tetrazole rings is 1. The SMILES string of the molecule is NC(C(=O)O)C(O)CCn1cnnn1. The lowest BCUT2D eigenvalue weighted by atomic mass is 10.1. The van der Waals surface area contributed by atoms with Gasteiger partial charge in [0.15, 0.2) is 0 Å². The number of aryl methyl sites for hydroxylation is 1. The van der Waals surface area contributed by atoms with Gasteiger partial charge in [-0.3, -0.25) is 4.79 Å². The van der Waals surface area contributed by atoms with Crippen molar-refractivity contribution in [1.29, 1.82) is 0 Å². The fourth-order valence-electron chi connectivity index (χ4n) is 0.891. The lowest BCUT2D eigenvalue weighted by Gasteiger charge is -2.13. The number of nitrogens with two attached hydrogens (primary N) is 1. The second-order valence-corrected chi connectivity index (χ2v) is 2.79. The van der Waals surface area contributed by atoms with E-state index in [2.05, 4.69) is 15.5 Å². The van der Waals surface area contributed by atoms with E-state index in [9.17, 15) is 9.90 Å². The highest BCUT2D eigenvalue weighted by Gasteiger charge is 2.21. The van der Waals surface area contributed by atoms with Crippen molar-refractivity contribution in [3.8, 4) is 0 Å². The summed E-state index contributed by atoms with van der Waals surface area (Å²) in [6.07, 6.45) is 0.467. The third kappa shape index (κ3) is 2.75. The molecule has 0 fully saturated rings. The highest BCUT2D eigenvalue weighted by atomic mass is 16.4. The van der Waals surface area contributed by atoms with Crippen LogP contribution in [0.15, 0.2) is 6.33 Å². The van der Waals surface area contributed by atoms with Crippen molar-refractivity contribution in [2.45, 2.75) is 25.1 Å². The van der Waals surface area contributed by atoms with E-state index in [4.69, 9.17) is 10.8 Å². The number of hydrogen-bond acceptors (Lipinski definition) is 6. The van der Waals surface area contributed by atoms with Crippen molar-refractivity contribution in [2.24, 2.45) is 5.73 Å². The minimum absolute atomic E-state index is 0.193. The zero-order chi connectivity index (χ0) is 10.6. The fourth-order valence-corrected chi connectivity index (χ4v) is 0.891. The lowest BCUT2D eigenvalue weighted by molar-refractivity contribution is -0.141. The largest absolute Gasteiger partial charge is 0.480 e. The highest BCUT2D eigenvalue weighted by molar-refractivity contribution is 5.73. The first-order valence-electron chi connectivity index (χ1n) is 3.98. The van der Waals surface area contributed by atoms with Crippen molar-refractivity contribution in [3.05, 3.63) is 6.33 Å². The molecule has 0 bridgehead atoms. The lowest BCUT2D eigenvalue weighted by Crippen LogP contribution is -2.42. The Hall–Kier alpha value is -1.54. The predicted molar refractivity (Wildman–Crippen MR) is 44.1 cm³/mol. The quantitative estimate of drug-likeness (QED) is 0.494. The molecular weight excluding hydrogens is 190 g/mol. The van der Waals surface area contributed by atoms with Gasteiger partial charge in [0.25, 0.3) is 0 Å². The third-order valence-electron chi connectivity index (χ3n) is 1.75. The maximum atomic E-state index is 10.4. The van der Waals surface area contributed by atoms with Gasteiger partial charge in [-0.1, -0.05) is 0 Å². The number of nitrogens with zero attached hydrogens (tertiary/aromatic N) is 4. The molecule has 1 rings (SSSR count). The van der Waals surface area contributed by atoms with Gasteiger partial charge < -0.3 is 15.9 Å². The number of rotatable bonds is 5. The first-order valence-corrected chi connectivity index (χ1v) is 3.98. The molecule has 0 aliphatic rings. The maximum absolute atomic E-state index is 10.4. The molecule has 0 amide bonds. The van der Waals surface area contributed by atoms with Gasteiger partial charge in [0.05, 0.1) is 6.10 Å². The Bertz CT molecular complexity index is 288. The molecule has 0 aliphatic carbocycles. The minimum Gasteiger partial charge on any atom is -0.480 e. The summed E-state index contributed by atoms with van der Waals surface area (Å²) in [6.45, 7) is 0.329. The van der Waals surface area contributed by atoms with Crippen LogP contribution >= 0.6 is 0 Å². The van der Waals surface area contributed by atoms with E-state index in [1.54, 1.807) is 0 Å². The molecular formula is C6H11N5O3. The van der Waals surface area contributed by atoms with E-state index < -0.39 is 18.1 Å². The Labute approximate surface area is 79.3 Å². The molecule has 0 aliphatic heterocycles. The van der Waals surface area contributed by atoms with Crippen LogP contribution in [0.4, 0.5) is 0 Å². The summed E-state index contributed by atoms with van der Waals surface area (Å²) in [5, 5.41) is 28.1. The number of aromatic nitrogens is 4. The van der Waals surface area contributed by atoms with Gasteiger partial charge in [-0.25, -0.2) is 4.68 Å². The summed E-state index contributed by atoms with van der Waals surface area (Å²) in [4.78, 5) is 10.4. The van der Waals surface area contributed by atoms with Crippen LogP contribution in [0.3, 0.4) is 0 Å². The van der Waals surface area contributed by atoms with Crippen molar-refractivity contribution < 1.29 is 15.0 Å². The van der Waals surface area contributed by atoms with Crippen LogP contribution in [0.25, 0.3) is 0 Å². The van der Waals surface area contributed by atoms with Gasteiger partial charge in [0.2, 0.25) is 0 Å². The molecule has 8 heteroatoms. The monoisotopic (exact) mass is 201 g/mol. The fraction of sp³-hybridized carbons (Fsp3) is 0.667. The normalized spacial score (nSPS) is 15.0. The molecule has 14 heavy (non-hydrogen) atoms. The molecule has 0 saturated carbocycles. The maximum Gasteiger partial charge on any atom is 0.323 e. The Morgan fingerprint density at radius 1 is 1.64 bits per heavy atom. The van der Waals surface area contributed by atoms with Crippen LogP contribution in [0, 0.1) is 0 Å². The van der Waals surface area contributed by atoms with Crippen molar-refractivity contribution in [1.82, 2.24) is 20.2 Å². The van der Waals surface area contributed by atoms with Crippen LogP contribution in [-0.4, -0.2) is 48.5 Å². The number of hydrogen-bond donors (Lipinski definition) is 3. The molecule has 78 valence electrons. The zero-order valence-corrected chi connectivity index (χ0v) is 7.32. The third-order valence-corrected chi connectivity index (χ3v) is 1.75. The summed E-state index contributed by atoms with van der Waals surface area (Å²) in [7, 11) is 0. The smallest absolute Gasteiger partial charge is 0.323 e. The second-order valence-electron chi connectivity index (χ2n) is 2.79. The molecule has 0 spiro atoms. The first kappa shape index (κ1) is 10.5. The Morgan fingerprint density at radius 2 is 2.36 bits per heavy atom. The minimum atomic E-state index is -1.27. The molecule has 4 N–H and O–H groups in total. The molecule has 2 atom stereocenters. The number of carboxylic acid groups (broad SMARTS) is 1. The summed E-state index contributed by atoms with van der Waals surface area (Å²) >= 11 is 0. The van der Waals surface area contributed by atoms with Crippen LogP contribution in [0.2, 0.25) is 0 Å². The molecule has 8 nitrogen and oxygen atoms in total. The molecule has 0 radical (unpaired) electrons. The van der Waals surface area contributed by atoms with Gasteiger partial charge in [0, 0.05) is 6.54 Å². The van der Waals surface area contributed by atoms with Crippen molar-refractivity contribution >= 4 is 5.97 Å². The van der Waals surface area contributed by atoms with Gasteiger partial charge >= 0.3 is 5.97 Å². The van der Waals surface area contributed by atoms with E-state index in [1.165, 1.54) is 11.0 Å². The van der Waals surface area contributed by atoms with Crippen molar-refractivity contribution in [2.75, 3.05) is 0 Å². The number of aliphatic carboxylic acids is 1. The highest BCUT2D eigenvalue weighted by Crippen LogP contribution is 1.98. The van der Waals surface area contributed by atoms with E-state index in [-0.39, 0.29) is 6.42 Å². The Balaban J connectivity index is 2.34. The number of carbonyl (C=O) groups is 1. The van der Waals surface area contributed by atoms with Crippen LogP contribution < -0.4 is 5.73 Å². The van der Waals surface area contributed by atoms with E-state index in [0.717, 1.165) is 0 Å². The van der Waals surface area contributed by atoms with Gasteiger partial charge in [-0.15, -0.1) is 5.10 Å². The van der Waals surface area contributed by atoms with Gasteiger partial charge in [-0.05, 0) is 16.8 Å². The van der Waals surface area contributed by atoms with Crippen LogP contribution in [0.5, 0.6) is 0 Å². The molecule has 2 unspecified atom stereocenters. The van der Waals surface area contributed by atoms with Crippen LogP contribution in [0.1, 0.15) is 6.42 Å². The number of aliphatic hydroxyl groups excluding tert-OH is 1. The summed E-state index contributed by atoms with van der Waals surface area (Å²) < 4.78 is 1.39. The van der Waals surface area contributed by atoms with E-state index >= 15 is 0 Å². The predicted octanol–water partition coefficient (Wildman–Crippen LogP) is -2.16. The average molecular weight is 201 g/mol. The molecule has 0 aromatic carbocycles. The first-order chi connectivity index (χ1) is 6.61. The Morgan fingerprint density at radius 3 is 2.86 bits per heavy atom. The van der Waals surface area contributed by atoms with Gasteiger partial charge in [-0.2, -0.15) is 0 Å². The second kappa shape index (κ2) is 4.63. The summed E-state index contributed by atoms with van der Waals surface area (Å²) in [6, 6.07) is -1.27. The molecule has 0 saturated heterocycles. The standard InChI is InChI=1S/C6H11N5O3/c7-5(6(13)14)4(12)1-2-11-3-8-9-10-11/h3-5,12H,1-2,7H2,(H,13,14). The summed E-state index contributed by atoms with van der Waals surface area (Å²) in [5.74, 6) is -1.23. The Kier molecular flexibility index (Phi) is 3.48. The number of aliphatic hydroxyl groups is 1. The molecule has 1 aromatic rings. The zero-order valence-electron chi connectivity index (χ0n) is 7.32. The molecule has 1 aromatic heterocycles.